The number of aromatic nitrogens is 1. The van der Waals surface area contributed by atoms with Gasteiger partial charge in [-0.1, -0.05) is 0 Å². The zero-order valence-electron chi connectivity index (χ0n) is 11.1. The van der Waals surface area contributed by atoms with Crippen molar-refractivity contribution >= 4 is 17.0 Å². The molecular weight excluding hydrogens is 246 g/mol. The number of nitrogens with zero attached hydrogens (tertiary/aromatic N) is 1. The molecule has 0 saturated carbocycles. The van der Waals surface area contributed by atoms with Gasteiger partial charge in [0.05, 0.1) is 5.52 Å². The lowest BCUT2D eigenvalue weighted by Gasteiger charge is -2.19. The van der Waals surface area contributed by atoms with Crippen molar-refractivity contribution < 1.29 is 19.0 Å². The van der Waals surface area contributed by atoms with Crippen LogP contribution in [-0.2, 0) is 4.74 Å². The minimum atomic E-state index is -0.524. The SMILES string of the molecule is CC(C)(C)OC(=O)n1ccc2cc3c(cc21)OCO3. The van der Waals surface area contributed by atoms with Gasteiger partial charge in [-0.05, 0) is 32.9 Å². The summed E-state index contributed by atoms with van der Waals surface area (Å²) < 4.78 is 17.5. The number of hydrogen-bond acceptors (Lipinski definition) is 4. The predicted molar refractivity (Wildman–Crippen MR) is 69.7 cm³/mol. The Labute approximate surface area is 110 Å². The van der Waals surface area contributed by atoms with Crippen LogP contribution in [0.15, 0.2) is 24.4 Å². The normalized spacial score (nSPS) is 13.8. The molecule has 2 aromatic rings. The number of carbonyl (C=O) groups excluding carboxylic acids is 1. The van der Waals surface area contributed by atoms with Gasteiger partial charge < -0.3 is 14.2 Å². The Morgan fingerprint density at radius 2 is 1.95 bits per heavy atom. The van der Waals surface area contributed by atoms with Gasteiger partial charge in [-0.15, -0.1) is 0 Å². The maximum absolute atomic E-state index is 12.1. The van der Waals surface area contributed by atoms with Crippen LogP contribution in [0.4, 0.5) is 4.79 Å². The first-order valence-corrected chi connectivity index (χ1v) is 6.08. The summed E-state index contributed by atoms with van der Waals surface area (Å²) in [6.07, 6.45) is 1.29. The molecule has 0 atom stereocenters. The van der Waals surface area contributed by atoms with E-state index in [2.05, 4.69) is 0 Å². The van der Waals surface area contributed by atoms with Crippen molar-refractivity contribution in [2.75, 3.05) is 6.79 Å². The van der Waals surface area contributed by atoms with E-state index >= 15 is 0 Å². The van der Waals surface area contributed by atoms with Gasteiger partial charge in [0, 0.05) is 17.6 Å². The molecule has 0 amide bonds. The smallest absolute Gasteiger partial charge is 0.418 e. The summed E-state index contributed by atoms with van der Waals surface area (Å²) in [5, 5.41) is 0.912. The molecule has 0 saturated heterocycles. The highest BCUT2D eigenvalue weighted by molar-refractivity contribution is 5.91. The molecular formula is C14H15NO4. The van der Waals surface area contributed by atoms with Crippen LogP contribution in [-0.4, -0.2) is 23.1 Å². The van der Waals surface area contributed by atoms with E-state index in [4.69, 9.17) is 14.2 Å². The molecule has 1 aromatic heterocycles. The Balaban J connectivity index is 2.03. The van der Waals surface area contributed by atoms with Gasteiger partial charge in [-0.3, -0.25) is 4.57 Å². The molecule has 1 aliphatic heterocycles. The predicted octanol–water partition coefficient (Wildman–Crippen LogP) is 3.15. The lowest BCUT2D eigenvalue weighted by molar-refractivity contribution is 0.0544. The number of ether oxygens (including phenoxy) is 3. The topological polar surface area (TPSA) is 49.7 Å². The molecule has 0 fully saturated rings. The highest BCUT2D eigenvalue weighted by atomic mass is 16.7. The van der Waals surface area contributed by atoms with E-state index in [0.717, 1.165) is 10.9 Å². The molecule has 5 heteroatoms. The summed E-state index contributed by atoms with van der Waals surface area (Å²) in [6, 6.07) is 5.50. The third-order valence-electron chi connectivity index (χ3n) is 2.77. The fourth-order valence-corrected chi connectivity index (χ4v) is 1.99. The maximum atomic E-state index is 12.1. The lowest BCUT2D eigenvalue weighted by Crippen LogP contribution is -2.26. The van der Waals surface area contributed by atoms with Crippen molar-refractivity contribution in [1.82, 2.24) is 4.57 Å². The summed E-state index contributed by atoms with van der Waals surface area (Å²) in [4.78, 5) is 12.1. The van der Waals surface area contributed by atoms with E-state index in [9.17, 15) is 4.79 Å². The monoisotopic (exact) mass is 261 g/mol. The minimum Gasteiger partial charge on any atom is -0.454 e. The number of fused-ring (bicyclic) bond motifs is 2. The number of hydrogen-bond donors (Lipinski definition) is 0. The van der Waals surface area contributed by atoms with Crippen LogP contribution in [0.5, 0.6) is 11.5 Å². The standard InChI is InChI=1S/C14H15NO4/c1-14(2,3)19-13(16)15-5-4-9-6-11-12(7-10(9)15)18-8-17-11/h4-7H,8H2,1-3H3. The van der Waals surface area contributed by atoms with Crippen LogP contribution >= 0.6 is 0 Å². The van der Waals surface area contributed by atoms with Crippen molar-refractivity contribution in [3.63, 3.8) is 0 Å². The van der Waals surface area contributed by atoms with Crippen LogP contribution in [0.25, 0.3) is 10.9 Å². The van der Waals surface area contributed by atoms with Crippen LogP contribution in [0.2, 0.25) is 0 Å². The molecule has 0 unspecified atom stereocenters. The molecule has 2 heterocycles. The van der Waals surface area contributed by atoms with E-state index in [0.29, 0.717) is 11.5 Å². The zero-order valence-corrected chi connectivity index (χ0v) is 11.1. The Morgan fingerprint density at radius 3 is 2.63 bits per heavy atom. The Bertz CT molecular complexity index is 651. The molecule has 1 aliphatic rings. The van der Waals surface area contributed by atoms with Crippen LogP contribution in [0.1, 0.15) is 20.8 Å². The van der Waals surface area contributed by atoms with E-state index in [1.807, 2.05) is 32.9 Å². The fourth-order valence-electron chi connectivity index (χ4n) is 1.99. The largest absolute Gasteiger partial charge is 0.454 e. The molecule has 0 radical (unpaired) electrons. The number of benzene rings is 1. The lowest BCUT2D eigenvalue weighted by atomic mass is 10.2. The average Bonchev–Trinajstić information content (AvgIpc) is 2.87. The van der Waals surface area contributed by atoms with Crippen molar-refractivity contribution in [2.24, 2.45) is 0 Å². The van der Waals surface area contributed by atoms with Crippen LogP contribution in [0.3, 0.4) is 0 Å². The van der Waals surface area contributed by atoms with Gasteiger partial charge in [0.2, 0.25) is 6.79 Å². The molecule has 0 aliphatic carbocycles. The Kier molecular flexibility index (Phi) is 2.45. The first-order chi connectivity index (χ1) is 8.94. The zero-order chi connectivity index (χ0) is 13.6. The fraction of sp³-hybridized carbons (Fsp3) is 0.357. The molecule has 5 nitrogen and oxygen atoms in total. The van der Waals surface area contributed by atoms with Gasteiger partial charge in [0.25, 0.3) is 0 Å². The second kappa shape index (κ2) is 3.91. The molecule has 100 valence electrons. The van der Waals surface area contributed by atoms with Gasteiger partial charge in [0.15, 0.2) is 11.5 Å². The molecule has 3 rings (SSSR count). The second-order valence-electron chi connectivity index (χ2n) is 5.43. The minimum absolute atomic E-state index is 0.217. The van der Waals surface area contributed by atoms with Crippen molar-refractivity contribution in [3.05, 3.63) is 24.4 Å². The quantitative estimate of drug-likeness (QED) is 0.731. The summed E-state index contributed by atoms with van der Waals surface area (Å²) in [5.74, 6) is 1.35. The van der Waals surface area contributed by atoms with E-state index < -0.39 is 11.7 Å². The highest BCUT2D eigenvalue weighted by Crippen LogP contribution is 2.36. The van der Waals surface area contributed by atoms with Gasteiger partial charge in [0.1, 0.15) is 5.60 Å². The van der Waals surface area contributed by atoms with Crippen molar-refractivity contribution in [3.8, 4) is 11.5 Å². The first-order valence-electron chi connectivity index (χ1n) is 6.08. The van der Waals surface area contributed by atoms with E-state index in [-0.39, 0.29) is 6.79 Å². The molecule has 1 aromatic carbocycles. The van der Waals surface area contributed by atoms with Gasteiger partial charge >= 0.3 is 6.09 Å². The third-order valence-corrected chi connectivity index (χ3v) is 2.77. The Morgan fingerprint density at radius 1 is 1.26 bits per heavy atom. The molecule has 0 N–H and O–H groups in total. The van der Waals surface area contributed by atoms with Gasteiger partial charge in [-0.25, -0.2) is 4.79 Å². The number of carbonyl (C=O) groups is 1. The molecule has 0 spiro atoms. The highest BCUT2D eigenvalue weighted by Gasteiger charge is 2.21. The summed E-state index contributed by atoms with van der Waals surface area (Å²) in [5.41, 5.74) is 0.225. The third kappa shape index (κ3) is 2.12. The Hall–Kier alpha value is -2.17. The maximum Gasteiger partial charge on any atom is 0.418 e. The first kappa shape index (κ1) is 11.9. The van der Waals surface area contributed by atoms with Crippen molar-refractivity contribution in [1.29, 1.82) is 0 Å². The van der Waals surface area contributed by atoms with Gasteiger partial charge in [-0.2, -0.15) is 0 Å². The van der Waals surface area contributed by atoms with E-state index in [1.54, 1.807) is 12.3 Å². The molecule has 0 bridgehead atoms. The van der Waals surface area contributed by atoms with Crippen LogP contribution < -0.4 is 9.47 Å². The van der Waals surface area contributed by atoms with E-state index in [1.165, 1.54) is 4.57 Å². The van der Waals surface area contributed by atoms with Crippen molar-refractivity contribution in [2.45, 2.75) is 26.4 Å². The number of rotatable bonds is 0. The molecule has 19 heavy (non-hydrogen) atoms. The second-order valence-corrected chi connectivity index (χ2v) is 5.43. The van der Waals surface area contributed by atoms with Crippen LogP contribution in [0, 0.1) is 0 Å². The summed E-state index contributed by atoms with van der Waals surface area (Å²) in [7, 11) is 0. The summed E-state index contributed by atoms with van der Waals surface area (Å²) >= 11 is 0. The average molecular weight is 261 g/mol. The summed E-state index contributed by atoms with van der Waals surface area (Å²) in [6.45, 7) is 5.73.